The van der Waals surface area contributed by atoms with E-state index in [0.717, 1.165) is 41.5 Å². The zero-order valence-electron chi connectivity index (χ0n) is 15.4. The van der Waals surface area contributed by atoms with Crippen LogP contribution in [-0.4, -0.2) is 38.8 Å². The number of H-pyrrole nitrogens is 1. The average molecular weight is 369 g/mol. The Labute approximate surface area is 157 Å². The minimum absolute atomic E-state index is 0.0514. The van der Waals surface area contributed by atoms with Gasteiger partial charge in [-0.15, -0.1) is 0 Å². The van der Waals surface area contributed by atoms with Gasteiger partial charge in [0.1, 0.15) is 5.82 Å². The van der Waals surface area contributed by atoms with Crippen LogP contribution in [0.5, 0.6) is 0 Å². The van der Waals surface area contributed by atoms with Crippen LogP contribution < -0.4 is 5.32 Å². The van der Waals surface area contributed by atoms with Crippen LogP contribution in [-0.2, 0) is 13.1 Å². The summed E-state index contributed by atoms with van der Waals surface area (Å²) >= 11 is 0. The number of urea groups is 1. The van der Waals surface area contributed by atoms with E-state index in [4.69, 9.17) is 0 Å². The highest BCUT2D eigenvalue weighted by Gasteiger charge is 2.25. The van der Waals surface area contributed by atoms with E-state index >= 15 is 0 Å². The summed E-state index contributed by atoms with van der Waals surface area (Å²) < 4.78 is 15.4. The first-order valence-corrected chi connectivity index (χ1v) is 9.45. The summed E-state index contributed by atoms with van der Waals surface area (Å²) in [5.41, 5.74) is 2.97. The fourth-order valence-corrected chi connectivity index (χ4v) is 3.80. The van der Waals surface area contributed by atoms with Crippen molar-refractivity contribution in [3.05, 3.63) is 53.7 Å². The molecule has 1 aliphatic heterocycles. The van der Waals surface area contributed by atoms with Gasteiger partial charge < -0.3 is 15.2 Å². The summed E-state index contributed by atoms with van der Waals surface area (Å²) in [6, 6.07) is 6.71. The molecular weight excluding hydrogens is 345 g/mol. The molecule has 0 unspecified atom stereocenters. The van der Waals surface area contributed by atoms with Gasteiger partial charge in [0.05, 0.1) is 12.2 Å². The summed E-state index contributed by atoms with van der Waals surface area (Å²) in [5, 5.41) is 8.27. The van der Waals surface area contributed by atoms with Crippen LogP contribution >= 0.6 is 0 Å². The third-order valence-electron chi connectivity index (χ3n) is 5.34. The van der Waals surface area contributed by atoms with Crippen LogP contribution in [0.2, 0.25) is 0 Å². The lowest BCUT2D eigenvalue weighted by Gasteiger charge is -2.32. The largest absolute Gasteiger partial charge is 0.361 e. The summed E-state index contributed by atoms with van der Waals surface area (Å²) in [6.45, 7) is 4.68. The van der Waals surface area contributed by atoms with Crippen LogP contribution in [0.25, 0.3) is 10.9 Å². The molecular formula is C20H24FN5O. The van der Waals surface area contributed by atoms with Crippen LogP contribution in [0.3, 0.4) is 0 Å². The Morgan fingerprint density at radius 1 is 1.33 bits per heavy atom. The number of rotatable bonds is 4. The summed E-state index contributed by atoms with van der Waals surface area (Å²) in [5.74, 6) is 0.121. The van der Waals surface area contributed by atoms with Crippen molar-refractivity contribution in [2.24, 2.45) is 0 Å². The van der Waals surface area contributed by atoms with E-state index in [1.165, 1.54) is 6.07 Å². The molecule has 1 aromatic carbocycles. The van der Waals surface area contributed by atoms with Crippen LogP contribution in [0.1, 0.15) is 36.9 Å². The van der Waals surface area contributed by atoms with Gasteiger partial charge >= 0.3 is 6.03 Å². The number of fused-ring (bicyclic) bond motifs is 1. The molecule has 0 atom stereocenters. The van der Waals surface area contributed by atoms with E-state index < -0.39 is 0 Å². The number of hydrogen-bond donors (Lipinski definition) is 2. The Kier molecular flexibility index (Phi) is 4.83. The quantitative estimate of drug-likeness (QED) is 0.738. The minimum Gasteiger partial charge on any atom is -0.361 e. The molecule has 0 aliphatic carbocycles. The second kappa shape index (κ2) is 7.42. The Hall–Kier alpha value is -2.83. The molecule has 0 spiro atoms. The van der Waals surface area contributed by atoms with E-state index in [0.29, 0.717) is 25.6 Å². The molecule has 142 valence electrons. The molecule has 4 rings (SSSR count). The summed E-state index contributed by atoms with van der Waals surface area (Å²) in [4.78, 5) is 17.5. The molecule has 3 heterocycles. The molecule has 1 fully saturated rings. The van der Waals surface area contributed by atoms with Crippen LogP contribution in [0.15, 0.2) is 36.7 Å². The molecule has 2 aromatic heterocycles. The number of benzene rings is 1. The number of halogens is 1. The van der Waals surface area contributed by atoms with E-state index in [2.05, 4.69) is 15.4 Å². The van der Waals surface area contributed by atoms with Crippen molar-refractivity contribution < 1.29 is 9.18 Å². The highest BCUT2D eigenvalue weighted by molar-refractivity contribution is 5.84. The zero-order valence-corrected chi connectivity index (χ0v) is 15.4. The first-order valence-electron chi connectivity index (χ1n) is 9.45. The third kappa shape index (κ3) is 3.67. The number of nitrogens with one attached hydrogen (secondary N) is 2. The molecule has 6 nitrogen and oxygen atoms in total. The summed E-state index contributed by atoms with van der Waals surface area (Å²) in [6.07, 6.45) is 5.65. The molecule has 1 saturated heterocycles. The monoisotopic (exact) mass is 369 g/mol. The van der Waals surface area contributed by atoms with Gasteiger partial charge in [0.25, 0.3) is 0 Å². The van der Waals surface area contributed by atoms with Crippen molar-refractivity contribution in [3.63, 3.8) is 0 Å². The van der Waals surface area contributed by atoms with E-state index in [-0.39, 0.29) is 11.8 Å². The molecule has 1 aliphatic rings. The fourth-order valence-electron chi connectivity index (χ4n) is 3.80. The average Bonchev–Trinajstić information content (AvgIpc) is 3.32. The predicted molar refractivity (Wildman–Crippen MR) is 102 cm³/mol. The number of hydrogen-bond acceptors (Lipinski definition) is 2. The van der Waals surface area contributed by atoms with Gasteiger partial charge in [0.2, 0.25) is 0 Å². The Morgan fingerprint density at radius 3 is 2.89 bits per heavy atom. The number of carbonyl (C=O) groups is 1. The molecule has 7 heteroatoms. The van der Waals surface area contributed by atoms with Crippen molar-refractivity contribution in [1.29, 1.82) is 0 Å². The molecule has 2 amide bonds. The second-order valence-electron chi connectivity index (χ2n) is 7.02. The van der Waals surface area contributed by atoms with Gasteiger partial charge in [-0.25, -0.2) is 9.18 Å². The highest BCUT2D eigenvalue weighted by atomic mass is 19.1. The van der Waals surface area contributed by atoms with Crippen molar-refractivity contribution in [1.82, 2.24) is 25.0 Å². The van der Waals surface area contributed by atoms with Crippen molar-refractivity contribution in [2.75, 3.05) is 13.1 Å². The van der Waals surface area contributed by atoms with E-state index in [1.807, 2.05) is 35.0 Å². The number of piperidine rings is 1. The normalized spacial score (nSPS) is 15.4. The Morgan fingerprint density at radius 2 is 2.15 bits per heavy atom. The third-order valence-corrected chi connectivity index (χ3v) is 5.34. The van der Waals surface area contributed by atoms with Gasteiger partial charge in [-0.3, -0.25) is 4.68 Å². The zero-order chi connectivity index (χ0) is 18.8. The number of aryl methyl sites for hydroxylation is 1. The number of amides is 2. The van der Waals surface area contributed by atoms with Gasteiger partial charge in [0, 0.05) is 42.9 Å². The van der Waals surface area contributed by atoms with E-state index in [9.17, 15) is 9.18 Å². The van der Waals surface area contributed by atoms with Crippen LogP contribution in [0.4, 0.5) is 9.18 Å². The van der Waals surface area contributed by atoms with Gasteiger partial charge in [-0.05, 0) is 55.5 Å². The SMILES string of the molecule is CCn1ccc(CNC(=O)N2CCC(c3c[nH]c4ccc(F)cc34)CC2)n1. The van der Waals surface area contributed by atoms with Gasteiger partial charge in [-0.1, -0.05) is 0 Å². The smallest absolute Gasteiger partial charge is 0.317 e. The number of aromatic amines is 1. The maximum Gasteiger partial charge on any atom is 0.317 e. The predicted octanol–water partition coefficient (Wildman–Crippen LogP) is 3.61. The molecule has 3 aromatic rings. The lowest BCUT2D eigenvalue weighted by atomic mass is 9.89. The van der Waals surface area contributed by atoms with Crippen LogP contribution in [0, 0.1) is 5.82 Å². The minimum atomic E-state index is -0.217. The summed E-state index contributed by atoms with van der Waals surface area (Å²) in [7, 11) is 0. The Balaban J connectivity index is 1.34. The molecule has 0 saturated carbocycles. The van der Waals surface area contributed by atoms with E-state index in [1.54, 1.807) is 12.1 Å². The first-order chi connectivity index (χ1) is 13.1. The van der Waals surface area contributed by atoms with Crippen molar-refractivity contribution in [2.45, 2.75) is 38.8 Å². The number of nitrogens with zero attached hydrogens (tertiary/aromatic N) is 3. The molecule has 27 heavy (non-hydrogen) atoms. The lowest BCUT2D eigenvalue weighted by molar-refractivity contribution is 0.181. The molecule has 2 N–H and O–H groups in total. The maximum absolute atomic E-state index is 13.6. The highest BCUT2D eigenvalue weighted by Crippen LogP contribution is 2.33. The van der Waals surface area contributed by atoms with Gasteiger partial charge in [-0.2, -0.15) is 5.10 Å². The molecule has 0 radical (unpaired) electrons. The maximum atomic E-state index is 13.6. The first kappa shape index (κ1) is 17.6. The fraction of sp³-hybridized carbons (Fsp3) is 0.400. The lowest BCUT2D eigenvalue weighted by Crippen LogP contribution is -2.43. The van der Waals surface area contributed by atoms with Crippen molar-refractivity contribution in [3.8, 4) is 0 Å². The number of carbonyl (C=O) groups excluding carboxylic acids is 1. The standard InChI is InChI=1S/C20H24FN5O/c1-2-26-10-7-16(24-26)12-23-20(27)25-8-5-14(6-9-25)18-13-22-19-4-3-15(21)11-17(18)19/h3-4,7,10-11,13-14,22H,2,5-6,8-9,12H2,1H3,(H,23,27). The topological polar surface area (TPSA) is 66.0 Å². The molecule has 0 bridgehead atoms. The number of aromatic nitrogens is 3. The Bertz CT molecular complexity index is 939. The number of likely N-dealkylation sites (tertiary alicyclic amines) is 1. The second-order valence-corrected chi connectivity index (χ2v) is 7.02. The van der Waals surface area contributed by atoms with Gasteiger partial charge in [0.15, 0.2) is 0 Å². The van der Waals surface area contributed by atoms with Crippen molar-refractivity contribution >= 4 is 16.9 Å².